The van der Waals surface area contributed by atoms with E-state index in [2.05, 4.69) is 0 Å². The Hall–Kier alpha value is -1.16. The first-order valence-electron chi connectivity index (χ1n) is 6.13. The first-order chi connectivity index (χ1) is 8.11. The van der Waals surface area contributed by atoms with E-state index in [9.17, 15) is 4.79 Å². The molecule has 0 saturated heterocycles. The standard InChI is InChI=1S/C13H18N2OS/c1-9-7-8-11(12(14)17)13(16)15(9)10-5-3-2-4-6-10/h7-8,10H,2-6H2,1H3,(H2,14,17). The van der Waals surface area contributed by atoms with Crippen LogP contribution in [0.4, 0.5) is 0 Å². The lowest BCUT2D eigenvalue weighted by molar-refractivity contribution is 0.341. The van der Waals surface area contributed by atoms with E-state index in [0.29, 0.717) is 11.6 Å². The smallest absolute Gasteiger partial charge is 0.261 e. The van der Waals surface area contributed by atoms with Crippen molar-refractivity contribution in [1.29, 1.82) is 0 Å². The summed E-state index contributed by atoms with van der Waals surface area (Å²) in [5.74, 6) is 0. The normalized spacial score (nSPS) is 17.0. The van der Waals surface area contributed by atoms with Crippen molar-refractivity contribution >= 4 is 17.2 Å². The largest absolute Gasteiger partial charge is 0.389 e. The molecule has 2 N–H and O–H groups in total. The summed E-state index contributed by atoms with van der Waals surface area (Å²) in [6, 6.07) is 4.00. The molecule has 0 amide bonds. The zero-order valence-corrected chi connectivity index (χ0v) is 10.9. The third-order valence-corrected chi connectivity index (χ3v) is 3.75. The van der Waals surface area contributed by atoms with Gasteiger partial charge in [-0.05, 0) is 31.9 Å². The van der Waals surface area contributed by atoms with Crippen molar-refractivity contribution in [3.8, 4) is 0 Å². The second-order valence-electron chi connectivity index (χ2n) is 4.72. The van der Waals surface area contributed by atoms with Crippen LogP contribution in [0.2, 0.25) is 0 Å². The maximum absolute atomic E-state index is 12.3. The van der Waals surface area contributed by atoms with E-state index < -0.39 is 0 Å². The van der Waals surface area contributed by atoms with Crippen LogP contribution in [0.25, 0.3) is 0 Å². The number of pyridine rings is 1. The summed E-state index contributed by atoms with van der Waals surface area (Å²) >= 11 is 4.92. The zero-order valence-electron chi connectivity index (χ0n) is 10.1. The maximum atomic E-state index is 12.3. The Morgan fingerprint density at radius 1 is 1.35 bits per heavy atom. The van der Waals surface area contributed by atoms with Gasteiger partial charge >= 0.3 is 0 Å². The van der Waals surface area contributed by atoms with Gasteiger partial charge in [-0.2, -0.15) is 0 Å². The van der Waals surface area contributed by atoms with E-state index >= 15 is 0 Å². The average Bonchev–Trinajstić information content (AvgIpc) is 2.30. The predicted molar refractivity (Wildman–Crippen MR) is 73.4 cm³/mol. The fraction of sp³-hybridized carbons (Fsp3) is 0.538. The molecule has 2 rings (SSSR count). The highest BCUT2D eigenvalue weighted by molar-refractivity contribution is 7.80. The molecule has 0 atom stereocenters. The highest BCUT2D eigenvalue weighted by atomic mass is 32.1. The Balaban J connectivity index is 2.47. The summed E-state index contributed by atoms with van der Waals surface area (Å²) in [6.45, 7) is 1.97. The van der Waals surface area contributed by atoms with Gasteiger partial charge in [-0.25, -0.2) is 0 Å². The molecule has 4 heteroatoms. The van der Waals surface area contributed by atoms with Crippen LogP contribution in [0, 0.1) is 6.92 Å². The molecular formula is C13H18N2OS. The minimum absolute atomic E-state index is 0.0237. The van der Waals surface area contributed by atoms with Crippen LogP contribution in [0.3, 0.4) is 0 Å². The molecule has 1 aliphatic carbocycles. The number of rotatable bonds is 2. The fourth-order valence-corrected chi connectivity index (χ4v) is 2.78. The van der Waals surface area contributed by atoms with Crippen LogP contribution in [-0.2, 0) is 0 Å². The molecule has 0 aliphatic heterocycles. The van der Waals surface area contributed by atoms with Gasteiger partial charge < -0.3 is 10.3 Å². The van der Waals surface area contributed by atoms with Gasteiger partial charge in [0.2, 0.25) is 0 Å². The second-order valence-corrected chi connectivity index (χ2v) is 5.16. The van der Waals surface area contributed by atoms with Gasteiger partial charge in [0.1, 0.15) is 4.99 Å². The Morgan fingerprint density at radius 3 is 2.59 bits per heavy atom. The van der Waals surface area contributed by atoms with Gasteiger partial charge in [-0.15, -0.1) is 0 Å². The summed E-state index contributed by atoms with van der Waals surface area (Å²) in [5.41, 5.74) is 7.03. The van der Waals surface area contributed by atoms with E-state index in [1.807, 2.05) is 17.6 Å². The first-order valence-corrected chi connectivity index (χ1v) is 6.54. The predicted octanol–water partition coefficient (Wildman–Crippen LogP) is 2.30. The van der Waals surface area contributed by atoms with Crippen LogP contribution in [0.15, 0.2) is 16.9 Å². The zero-order chi connectivity index (χ0) is 12.4. The van der Waals surface area contributed by atoms with E-state index in [4.69, 9.17) is 18.0 Å². The second kappa shape index (κ2) is 5.00. The Bertz CT molecular complexity index is 487. The third kappa shape index (κ3) is 2.41. The quantitative estimate of drug-likeness (QED) is 0.819. The number of aromatic nitrogens is 1. The van der Waals surface area contributed by atoms with Gasteiger partial charge in [0.25, 0.3) is 5.56 Å². The number of hydrogen-bond acceptors (Lipinski definition) is 2. The number of thiocarbonyl (C=S) groups is 1. The summed E-state index contributed by atoms with van der Waals surface area (Å²) in [5, 5.41) is 0. The van der Waals surface area contributed by atoms with Crippen LogP contribution in [0.5, 0.6) is 0 Å². The minimum atomic E-state index is -0.0237. The molecule has 92 valence electrons. The van der Waals surface area contributed by atoms with E-state index in [0.717, 1.165) is 18.5 Å². The minimum Gasteiger partial charge on any atom is -0.389 e. The van der Waals surface area contributed by atoms with E-state index in [1.54, 1.807) is 6.07 Å². The SMILES string of the molecule is Cc1ccc(C(N)=S)c(=O)n1C1CCCCC1. The van der Waals surface area contributed by atoms with Crippen molar-refractivity contribution in [1.82, 2.24) is 4.57 Å². The van der Waals surface area contributed by atoms with Crippen LogP contribution < -0.4 is 11.3 Å². The van der Waals surface area contributed by atoms with Crippen molar-refractivity contribution in [2.75, 3.05) is 0 Å². The number of hydrogen-bond donors (Lipinski definition) is 1. The average molecular weight is 250 g/mol. The van der Waals surface area contributed by atoms with Crippen LogP contribution >= 0.6 is 12.2 Å². The molecule has 17 heavy (non-hydrogen) atoms. The van der Waals surface area contributed by atoms with E-state index in [1.165, 1.54) is 19.3 Å². The van der Waals surface area contributed by atoms with Crippen molar-refractivity contribution in [2.45, 2.75) is 45.1 Å². The van der Waals surface area contributed by atoms with Gasteiger partial charge in [-0.1, -0.05) is 31.5 Å². The van der Waals surface area contributed by atoms with Gasteiger partial charge in [0.15, 0.2) is 0 Å². The molecule has 0 spiro atoms. The fourth-order valence-electron chi connectivity index (χ4n) is 2.63. The van der Waals surface area contributed by atoms with Gasteiger partial charge in [0, 0.05) is 11.7 Å². The highest BCUT2D eigenvalue weighted by Crippen LogP contribution is 2.27. The van der Waals surface area contributed by atoms with E-state index in [-0.39, 0.29) is 10.5 Å². The molecule has 1 fully saturated rings. The molecular weight excluding hydrogens is 232 g/mol. The molecule has 1 heterocycles. The number of nitrogens with zero attached hydrogens (tertiary/aromatic N) is 1. The van der Waals surface area contributed by atoms with Crippen LogP contribution in [0.1, 0.15) is 49.4 Å². The lowest BCUT2D eigenvalue weighted by Gasteiger charge is -2.26. The monoisotopic (exact) mass is 250 g/mol. The Kier molecular flexibility index (Phi) is 3.62. The summed E-state index contributed by atoms with van der Waals surface area (Å²) in [6.07, 6.45) is 5.85. The molecule has 1 saturated carbocycles. The summed E-state index contributed by atoms with van der Waals surface area (Å²) in [4.78, 5) is 12.5. The first kappa shape index (κ1) is 12.3. The van der Waals surface area contributed by atoms with Crippen molar-refractivity contribution in [3.05, 3.63) is 33.7 Å². The topological polar surface area (TPSA) is 48.0 Å². The van der Waals surface area contributed by atoms with Crippen molar-refractivity contribution in [3.63, 3.8) is 0 Å². The molecule has 0 unspecified atom stereocenters. The molecule has 0 aromatic carbocycles. The summed E-state index contributed by atoms with van der Waals surface area (Å²) < 4.78 is 1.88. The molecule has 3 nitrogen and oxygen atoms in total. The third-order valence-electron chi connectivity index (χ3n) is 3.53. The van der Waals surface area contributed by atoms with Gasteiger partial charge in [0.05, 0.1) is 5.56 Å². The molecule has 0 bridgehead atoms. The Morgan fingerprint density at radius 2 is 2.00 bits per heavy atom. The summed E-state index contributed by atoms with van der Waals surface area (Å²) in [7, 11) is 0. The molecule has 1 aliphatic rings. The number of aryl methyl sites for hydroxylation is 1. The molecule has 0 radical (unpaired) electrons. The molecule has 1 aromatic heterocycles. The highest BCUT2D eigenvalue weighted by Gasteiger charge is 2.19. The van der Waals surface area contributed by atoms with Crippen LogP contribution in [-0.4, -0.2) is 9.56 Å². The van der Waals surface area contributed by atoms with Crippen molar-refractivity contribution < 1.29 is 0 Å². The lowest BCUT2D eigenvalue weighted by Crippen LogP contribution is -2.33. The maximum Gasteiger partial charge on any atom is 0.261 e. The van der Waals surface area contributed by atoms with Crippen molar-refractivity contribution in [2.24, 2.45) is 5.73 Å². The Labute approximate surface area is 107 Å². The lowest BCUT2D eigenvalue weighted by atomic mass is 9.94. The van der Waals surface area contributed by atoms with Gasteiger partial charge in [-0.3, -0.25) is 4.79 Å². The molecule has 1 aromatic rings. The number of nitrogens with two attached hydrogens (primary N) is 1.